The van der Waals surface area contributed by atoms with Crippen LogP contribution in [-0.2, 0) is 0 Å². The first-order valence-corrected chi connectivity index (χ1v) is 20.9. The fourth-order valence-electron chi connectivity index (χ4n) is 9.01. The van der Waals surface area contributed by atoms with Gasteiger partial charge in [-0.15, -0.1) is 0 Å². The summed E-state index contributed by atoms with van der Waals surface area (Å²) >= 11 is 0. The van der Waals surface area contributed by atoms with Crippen molar-refractivity contribution in [2.45, 2.75) is 0 Å². The molecule has 5 nitrogen and oxygen atoms in total. The van der Waals surface area contributed by atoms with E-state index in [-0.39, 0.29) is 0 Å². The van der Waals surface area contributed by atoms with Crippen LogP contribution in [0.2, 0.25) is 0 Å². The molecule has 0 radical (unpaired) electrons. The third-order valence-corrected chi connectivity index (χ3v) is 11.9. The van der Waals surface area contributed by atoms with Gasteiger partial charge in [-0.05, 0) is 81.9 Å². The molecule has 9 aromatic carbocycles. The first-order chi connectivity index (χ1) is 30.7. The number of hydrogen-bond donors (Lipinski definition) is 0. The predicted octanol–water partition coefficient (Wildman–Crippen LogP) is 14.9. The molecule has 290 valence electrons. The van der Waals surface area contributed by atoms with Crippen LogP contribution in [0.25, 0.3) is 117 Å². The highest BCUT2D eigenvalue weighted by molar-refractivity contribution is 6.27. The lowest BCUT2D eigenvalue weighted by Crippen LogP contribution is -2.01. The Kier molecular flexibility index (Phi) is 8.42. The zero-order valence-corrected chi connectivity index (χ0v) is 33.5. The fourth-order valence-corrected chi connectivity index (χ4v) is 9.01. The van der Waals surface area contributed by atoms with E-state index in [1.165, 1.54) is 16.3 Å². The van der Waals surface area contributed by atoms with Gasteiger partial charge < -0.3 is 8.98 Å². The van der Waals surface area contributed by atoms with Crippen LogP contribution < -0.4 is 0 Å². The number of rotatable bonds is 7. The number of furan rings is 1. The SMILES string of the molecule is c1ccc(-c2cccc(-c3ccc(-c4cccc5oc6ccc7c8ccccc8n(-c8ccccc8)c7c6c45)c(-c4nc(-c5ccccc5)nc(-c5ccccc5)n4)c3)c2)cc1. The molecule has 0 aliphatic heterocycles. The Morgan fingerprint density at radius 2 is 0.871 bits per heavy atom. The summed E-state index contributed by atoms with van der Waals surface area (Å²) in [5.74, 6) is 1.80. The van der Waals surface area contributed by atoms with Crippen LogP contribution in [0.15, 0.2) is 223 Å². The van der Waals surface area contributed by atoms with Crippen molar-refractivity contribution in [3.8, 4) is 73.2 Å². The minimum absolute atomic E-state index is 0.585. The summed E-state index contributed by atoms with van der Waals surface area (Å²) in [5.41, 5.74) is 14.2. The third kappa shape index (κ3) is 5.98. The van der Waals surface area contributed by atoms with Crippen molar-refractivity contribution in [2.75, 3.05) is 0 Å². The molecule has 0 aliphatic carbocycles. The lowest BCUT2D eigenvalue weighted by Gasteiger charge is -2.15. The lowest BCUT2D eigenvalue weighted by atomic mass is 9.91. The van der Waals surface area contributed by atoms with Gasteiger partial charge in [0, 0.05) is 38.5 Å². The van der Waals surface area contributed by atoms with Crippen molar-refractivity contribution >= 4 is 43.7 Å². The average Bonchev–Trinajstić information content (AvgIpc) is 3.91. The Morgan fingerprint density at radius 3 is 1.58 bits per heavy atom. The molecule has 0 aliphatic rings. The van der Waals surface area contributed by atoms with Gasteiger partial charge in [0.2, 0.25) is 0 Å². The summed E-state index contributed by atoms with van der Waals surface area (Å²) in [6.07, 6.45) is 0. The lowest BCUT2D eigenvalue weighted by molar-refractivity contribution is 0.669. The van der Waals surface area contributed by atoms with Crippen molar-refractivity contribution < 1.29 is 4.42 Å². The van der Waals surface area contributed by atoms with Gasteiger partial charge in [-0.1, -0.05) is 170 Å². The van der Waals surface area contributed by atoms with Gasteiger partial charge in [-0.25, -0.2) is 15.0 Å². The number of benzene rings is 9. The first kappa shape index (κ1) is 35.5. The highest BCUT2D eigenvalue weighted by Gasteiger charge is 2.24. The van der Waals surface area contributed by atoms with Crippen LogP contribution in [0, 0.1) is 0 Å². The molecule has 12 rings (SSSR count). The van der Waals surface area contributed by atoms with Crippen molar-refractivity contribution in [1.82, 2.24) is 19.5 Å². The van der Waals surface area contributed by atoms with E-state index in [2.05, 4.69) is 187 Å². The van der Waals surface area contributed by atoms with E-state index in [1.54, 1.807) is 0 Å². The second-order valence-electron chi connectivity index (χ2n) is 15.5. The molecule has 0 spiro atoms. The minimum atomic E-state index is 0.585. The molecule has 0 fully saturated rings. The number of aromatic nitrogens is 4. The molecular weight excluding hydrogens is 757 g/mol. The van der Waals surface area contributed by atoms with Gasteiger partial charge in [0.15, 0.2) is 17.5 Å². The predicted molar refractivity (Wildman–Crippen MR) is 254 cm³/mol. The number of nitrogens with zero attached hydrogens (tertiary/aromatic N) is 4. The first-order valence-electron chi connectivity index (χ1n) is 20.9. The van der Waals surface area contributed by atoms with E-state index < -0.39 is 0 Å². The monoisotopic (exact) mass is 792 g/mol. The molecule has 12 aromatic rings. The summed E-state index contributed by atoms with van der Waals surface area (Å²) < 4.78 is 9.18. The van der Waals surface area contributed by atoms with E-state index in [1.807, 2.05) is 36.4 Å². The second kappa shape index (κ2) is 14.7. The third-order valence-electron chi connectivity index (χ3n) is 11.9. The van der Waals surface area contributed by atoms with Crippen LogP contribution in [0.1, 0.15) is 0 Å². The molecule has 62 heavy (non-hydrogen) atoms. The molecule has 5 heteroatoms. The summed E-state index contributed by atoms with van der Waals surface area (Å²) in [6.45, 7) is 0. The van der Waals surface area contributed by atoms with E-state index in [9.17, 15) is 0 Å². The Hall–Kier alpha value is -8.41. The Bertz CT molecular complexity index is 3560. The summed E-state index contributed by atoms with van der Waals surface area (Å²) in [5, 5.41) is 4.45. The topological polar surface area (TPSA) is 56.7 Å². The molecule has 3 aromatic heterocycles. The molecule has 0 unspecified atom stereocenters. The van der Waals surface area contributed by atoms with Crippen molar-refractivity contribution in [2.24, 2.45) is 0 Å². The molecule has 0 atom stereocenters. The maximum absolute atomic E-state index is 6.80. The van der Waals surface area contributed by atoms with Crippen LogP contribution >= 0.6 is 0 Å². The number of hydrogen-bond acceptors (Lipinski definition) is 4. The molecule has 0 N–H and O–H groups in total. The van der Waals surface area contributed by atoms with Gasteiger partial charge >= 0.3 is 0 Å². The zero-order chi connectivity index (χ0) is 41.0. The van der Waals surface area contributed by atoms with Gasteiger partial charge in [-0.2, -0.15) is 0 Å². The van der Waals surface area contributed by atoms with Crippen LogP contribution in [0.4, 0.5) is 0 Å². The smallest absolute Gasteiger partial charge is 0.164 e. The van der Waals surface area contributed by atoms with Crippen molar-refractivity contribution in [3.05, 3.63) is 218 Å². The standard InChI is InChI=1S/C57H36N4O/c1-5-17-37(18-6-1)40-23-15-24-41(35-40)42-31-32-44(48(36-42)57-59-55(38-19-7-2-8-20-38)58-56(60-57)39-21-9-3-10-22-39)46-28-16-30-50-52(46)53-51(62-50)34-33-47-45-27-13-14-29-49(45)61(54(47)53)43-25-11-4-12-26-43/h1-36H. The summed E-state index contributed by atoms with van der Waals surface area (Å²) in [6, 6.07) is 76.2. The summed E-state index contributed by atoms with van der Waals surface area (Å²) in [7, 11) is 0. The molecule has 3 heterocycles. The minimum Gasteiger partial charge on any atom is -0.456 e. The van der Waals surface area contributed by atoms with Crippen LogP contribution in [0.5, 0.6) is 0 Å². The van der Waals surface area contributed by atoms with Crippen molar-refractivity contribution in [1.29, 1.82) is 0 Å². The van der Waals surface area contributed by atoms with E-state index in [4.69, 9.17) is 19.4 Å². The maximum Gasteiger partial charge on any atom is 0.164 e. The largest absolute Gasteiger partial charge is 0.456 e. The number of para-hydroxylation sites is 2. The molecule has 0 saturated heterocycles. The van der Waals surface area contributed by atoms with E-state index in [0.717, 1.165) is 83.2 Å². The quantitative estimate of drug-likeness (QED) is 0.161. The van der Waals surface area contributed by atoms with Crippen LogP contribution in [-0.4, -0.2) is 19.5 Å². The van der Waals surface area contributed by atoms with E-state index in [0.29, 0.717) is 17.5 Å². The summed E-state index contributed by atoms with van der Waals surface area (Å²) in [4.78, 5) is 15.7. The maximum atomic E-state index is 6.80. The van der Waals surface area contributed by atoms with E-state index >= 15 is 0 Å². The molecule has 0 saturated carbocycles. The Morgan fingerprint density at radius 1 is 0.323 bits per heavy atom. The van der Waals surface area contributed by atoms with Gasteiger partial charge in [0.1, 0.15) is 11.2 Å². The average molecular weight is 793 g/mol. The van der Waals surface area contributed by atoms with Gasteiger partial charge in [0.05, 0.1) is 16.4 Å². The Balaban J connectivity index is 1.17. The van der Waals surface area contributed by atoms with Crippen LogP contribution in [0.3, 0.4) is 0 Å². The highest BCUT2D eigenvalue weighted by atomic mass is 16.3. The molecule has 0 amide bonds. The zero-order valence-electron chi connectivity index (χ0n) is 33.5. The molecule has 0 bridgehead atoms. The van der Waals surface area contributed by atoms with Crippen molar-refractivity contribution in [3.63, 3.8) is 0 Å². The highest BCUT2D eigenvalue weighted by Crippen LogP contribution is 2.46. The number of fused-ring (bicyclic) bond motifs is 7. The fraction of sp³-hybridized carbons (Fsp3) is 0. The normalized spacial score (nSPS) is 11.5. The Labute approximate surface area is 357 Å². The molecular formula is C57H36N4O. The second-order valence-corrected chi connectivity index (χ2v) is 15.5. The van der Waals surface area contributed by atoms with Gasteiger partial charge in [0.25, 0.3) is 0 Å². The van der Waals surface area contributed by atoms with Gasteiger partial charge in [-0.3, -0.25) is 0 Å².